The maximum Gasteiger partial charge on any atom is 0.254 e. The number of piperidine rings is 1. The van der Waals surface area contributed by atoms with Crippen molar-refractivity contribution in [3.8, 4) is 0 Å². The van der Waals surface area contributed by atoms with Gasteiger partial charge in [0.25, 0.3) is 5.91 Å². The topological polar surface area (TPSA) is 50.2 Å². The van der Waals surface area contributed by atoms with Gasteiger partial charge < -0.3 is 14.8 Å². The molecule has 3 rings (SSSR count). The molecule has 1 N–H and O–H groups in total. The average Bonchev–Trinajstić information content (AvgIpc) is 2.97. The second kappa shape index (κ2) is 6.40. The van der Waals surface area contributed by atoms with Crippen LogP contribution in [0.3, 0.4) is 0 Å². The average molecular weight is 316 g/mol. The Hall–Kier alpha value is -2.37. The minimum absolute atomic E-state index is 0.0685. The number of carbonyl (C=O) groups is 1. The van der Waals surface area contributed by atoms with E-state index < -0.39 is 5.82 Å². The van der Waals surface area contributed by atoms with E-state index in [9.17, 15) is 9.18 Å². The summed E-state index contributed by atoms with van der Waals surface area (Å²) in [5.41, 5.74) is 0.610. The van der Waals surface area contributed by atoms with Gasteiger partial charge in [0.15, 0.2) is 0 Å². The number of amides is 1. The summed E-state index contributed by atoms with van der Waals surface area (Å²) in [4.78, 5) is 18.8. The summed E-state index contributed by atoms with van der Waals surface area (Å²) in [6.07, 6.45) is 5.35. The molecule has 23 heavy (non-hydrogen) atoms. The molecule has 1 saturated heterocycles. The minimum atomic E-state index is -0.435. The number of anilines is 1. The largest absolute Gasteiger partial charge is 0.349 e. The lowest BCUT2D eigenvalue weighted by molar-refractivity contribution is 0.0926. The van der Waals surface area contributed by atoms with Gasteiger partial charge in [0.1, 0.15) is 5.82 Å². The molecule has 0 unspecified atom stereocenters. The van der Waals surface area contributed by atoms with Gasteiger partial charge in [0.2, 0.25) is 5.95 Å². The maximum absolute atomic E-state index is 14.0. The Balaban J connectivity index is 1.59. The molecular formula is C17H21FN4O. The van der Waals surface area contributed by atoms with E-state index in [2.05, 4.69) is 15.2 Å². The fraction of sp³-hybridized carbons (Fsp3) is 0.412. The van der Waals surface area contributed by atoms with E-state index in [4.69, 9.17) is 0 Å². The molecular weight excluding hydrogens is 295 g/mol. The van der Waals surface area contributed by atoms with E-state index in [1.807, 2.05) is 17.8 Å². The summed E-state index contributed by atoms with van der Waals surface area (Å²) in [5, 5.41) is 2.95. The van der Waals surface area contributed by atoms with Crippen LogP contribution in [0.1, 0.15) is 28.8 Å². The maximum atomic E-state index is 14.0. The molecule has 1 aromatic carbocycles. The second-order valence-corrected chi connectivity index (χ2v) is 6.01. The number of nitrogens with zero attached hydrogens (tertiary/aromatic N) is 3. The van der Waals surface area contributed by atoms with Crippen LogP contribution < -0.4 is 10.2 Å². The van der Waals surface area contributed by atoms with E-state index in [1.165, 1.54) is 6.07 Å². The van der Waals surface area contributed by atoms with Gasteiger partial charge >= 0.3 is 0 Å². The summed E-state index contributed by atoms with van der Waals surface area (Å²) < 4.78 is 16.0. The van der Waals surface area contributed by atoms with E-state index in [1.54, 1.807) is 25.3 Å². The van der Waals surface area contributed by atoms with Crippen LogP contribution in [0, 0.1) is 12.7 Å². The Morgan fingerprint density at radius 3 is 2.74 bits per heavy atom. The zero-order valence-electron chi connectivity index (χ0n) is 13.4. The van der Waals surface area contributed by atoms with Crippen molar-refractivity contribution in [3.05, 3.63) is 47.5 Å². The first kappa shape index (κ1) is 15.5. The van der Waals surface area contributed by atoms with Gasteiger partial charge in [0, 0.05) is 38.6 Å². The lowest BCUT2D eigenvalue weighted by atomic mass is 10.0. The van der Waals surface area contributed by atoms with Gasteiger partial charge in [-0.15, -0.1) is 0 Å². The number of halogens is 1. The standard InChI is InChI=1S/C17H21FN4O/c1-12-4-3-5-14(15(12)18)16(23)20-13-6-9-22(10-7-13)17-19-8-11-21(17)2/h3-5,8,11,13H,6-7,9-10H2,1-2H3,(H,20,23). The van der Waals surface area contributed by atoms with E-state index in [0.29, 0.717) is 5.56 Å². The molecule has 122 valence electrons. The molecule has 2 heterocycles. The van der Waals surface area contributed by atoms with Crippen molar-refractivity contribution in [3.63, 3.8) is 0 Å². The first-order valence-corrected chi connectivity index (χ1v) is 7.84. The SMILES string of the molecule is Cc1cccc(C(=O)NC2CCN(c3nccn3C)CC2)c1F. The molecule has 1 amide bonds. The highest BCUT2D eigenvalue weighted by Gasteiger charge is 2.24. The van der Waals surface area contributed by atoms with Crippen molar-refractivity contribution < 1.29 is 9.18 Å². The number of rotatable bonds is 3. The number of aryl methyl sites for hydroxylation is 2. The van der Waals surface area contributed by atoms with Crippen molar-refractivity contribution >= 4 is 11.9 Å². The number of hydrogen-bond acceptors (Lipinski definition) is 3. The van der Waals surface area contributed by atoms with Crippen LogP contribution >= 0.6 is 0 Å². The molecule has 6 heteroatoms. The monoisotopic (exact) mass is 316 g/mol. The molecule has 1 fully saturated rings. The lowest BCUT2D eigenvalue weighted by Crippen LogP contribution is -2.45. The quantitative estimate of drug-likeness (QED) is 0.945. The smallest absolute Gasteiger partial charge is 0.254 e. The van der Waals surface area contributed by atoms with Gasteiger partial charge in [-0.3, -0.25) is 4.79 Å². The van der Waals surface area contributed by atoms with Crippen molar-refractivity contribution in [1.82, 2.24) is 14.9 Å². The predicted molar refractivity (Wildman–Crippen MR) is 87.0 cm³/mol. The van der Waals surface area contributed by atoms with Crippen LogP contribution in [0.4, 0.5) is 10.3 Å². The minimum Gasteiger partial charge on any atom is -0.349 e. The fourth-order valence-corrected chi connectivity index (χ4v) is 2.97. The zero-order chi connectivity index (χ0) is 16.4. The Morgan fingerprint density at radius 1 is 1.35 bits per heavy atom. The molecule has 0 spiro atoms. The molecule has 1 aliphatic rings. The highest BCUT2D eigenvalue weighted by molar-refractivity contribution is 5.94. The summed E-state index contributed by atoms with van der Waals surface area (Å²) in [6, 6.07) is 4.97. The van der Waals surface area contributed by atoms with Crippen molar-refractivity contribution in [1.29, 1.82) is 0 Å². The molecule has 0 aliphatic carbocycles. The number of nitrogens with one attached hydrogen (secondary N) is 1. The summed E-state index contributed by atoms with van der Waals surface area (Å²) >= 11 is 0. The molecule has 5 nitrogen and oxygen atoms in total. The highest BCUT2D eigenvalue weighted by Crippen LogP contribution is 2.18. The van der Waals surface area contributed by atoms with Gasteiger partial charge in [-0.25, -0.2) is 9.37 Å². The van der Waals surface area contributed by atoms with Crippen LogP contribution in [0.2, 0.25) is 0 Å². The van der Waals surface area contributed by atoms with Crippen LogP contribution in [-0.4, -0.2) is 34.6 Å². The normalized spacial score (nSPS) is 15.7. The number of imidazole rings is 1. The summed E-state index contributed by atoms with van der Waals surface area (Å²) in [6.45, 7) is 3.32. The Morgan fingerprint density at radius 2 is 2.09 bits per heavy atom. The molecule has 2 aromatic rings. The van der Waals surface area contributed by atoms with E-state index >= 15 is 0 Å². The van der Waals surface area contributed by atoms with Gasteiger partial charge in [-0.1, -0.05) is 12.1 Å². The predicted octanol–water partition coefficient (Wildman–Crippen LogP) is 2.27. The van der Waals surface area contributed by atoms with E-state index in [0.717, 1.165) is 31.9 Å². The van der Waals surface area contributed by atoms with Crippen LogP contribution in [-0.2, 0) is 7.05 Å². The number of benzene rings is 1. The second-order valence-electron chi connectivity index (χ2n) is 6.01. The van der Waals surface area contributed by atoms with Crippen molar-refractivity contribution in [2.24, 2.45) is 7.05 Å². The number of aromatic nitrogens is 2. The van der Waals surface area contributed by atoms with Gasteiger partial charge in [0.05, 0.1) is 5.56 Å². The summed E-state index contributed by atoms with van der Waals surface area (Å²) in [7, 11) is 1.97. The summed E-state index contributed by atoms with van der Waals surface area (Å²) in [5.74, 6) is 0.177. The van der Waals surface area contributed by atoms with Crippen LogP contribution in [0.5, 0.6) is 0 Å². The first-order valence-electron chi connectivity index (χ1n) is 7.84. The highest BCUT2D eigenvalue weighted by atomic mass is 19.1. The third-order valence-electron chi connectivity index (χ3n) is 4.35. The molecule has 1 aliphatic heterocycles. The number of carbonyl (C=O) groups excluding carboxylic acids is 1. The van der Waals surface area contributed by atoms with Crippen molar-refractivity contribution in [2.75, 3.05) is 18.0 Å². The van der Waals surface area contributed by atoms with Crippen molar-refractivity contribution in [2.45, 2.75) is 25.8 Å². The first-order chi connectivity index (χ1) is 11.1. The lowest BCUT2D eigenvalue weighted by Gasteiger charge is -2.33. The Bertz CT molecular complexity index is 704. The van der Waals surface area contributed by atoms with Crippen LogP contribution in [0.15, 0.2) is 30.6 Å². The molecule has 1 aromatic heterocycles. The van der Waals surface area contributed by atoms with Gasteiger partial charge in [-0.2, -0.15) is 0 Å². The molecule has 0 radical (unpaired) electrons. The third-order valence-corrected chi connectivity index (χ3v) is 4.35. The molecule has 0 atom stereocenters. The molecule has 0 bridgehead atoms. The van der Waals surface area contributed by atoms with Crippen LogP contribution in [0.25, 0.3) is 0 Å². The Labute approximate surface area is 135 Å². The zero-order valence-corrected chi connectivity index (χ0v) is 13.4. The fourth-order valence-electron chi connectivity index (χ4n) is 2.97. The van der Waals surface area contributed by atoms with Gasteiger partial charge in [-0.05, 0) is 31.4 Å². The Kier molecular flexibility index (Phi) is 4.32. The third kappa shape index (κ3) is 3.21. The molecule has 0 saturated carbocycles. The number of hydrogen-bond donors (Lipinski definition) is 1. The van der Waals surface area contributed by atoms with E-state index in [-0.39, 0.29) is 17.5 Å².